The van der Waals surface area contributed by atoms with Gasteiger partial charge in [-0.2, -0.15) is 0 Å². The van der Waals surface area contributed by atoms with E-state index in [0.29, 0.717) is 15.8 Å². The van der Waals surface area contributed by atoms with Crippen molar-refractivity contribution in [1.82, 2.24) is 0 Å². The Labute approximate surface area is 101 Å². The summed E-state index contributed by atoms with van der Waals surface area (Å²) in [7, 11) is 0. The van der Waals surface area contributed by atoms with E-state index in [1.807, 2.05) is 0 Å². The summed E-state index contributed by atoms with van der Waals surface area (Å²) in [6, 6.07) is 4.87. The minimum atomic E-state index is -0.377. The van der Waals surface area contributed by atoms with Crippen LogP contribution < -0.4 is 5.73 Å². The van der Waals surface area contributed by atoms with Gasteiger partial charge in [-0.1, -0.05) is 22.0 Å². The van der Waals surface area contributed by atoms with Gasteiger partial charge < -0.3 is 5.73 Å². The summed E-state index contributed by atoms with van der Waals surface area (Å²) in [4.78, 5) is 10.8. The first-order valence-electron chi connectivity index (χ1n) is 4.35. The minimum absolute atomic E-state index is 0.270. The van der Waals surface area contributed by atoms with Crippen molar-refractivity contribution in [2.24, 2.45) is 5.73 Å². The highest BCUT2D eigenvalue weighted by molar-refractivity contribution is 9.10. The lowest BCUT2D eigenvalue weighted by atomic mass is 10.2. The lowest BCUT2D eigenvalue weighted by Gasteiger charge is -2.07. The molecule has 1 amide bonds. The van der Waals surface area contributed by atoms with Gasteiger partial charge in [0.1, 0.15) is 5.82 Å². The number of rotatable bonds is 4. The number of benzene rings is 1. The summed E-state index contributed by atoms with van der Waals surface area (Å²) in [6.45, 7) is 1.71. The van der Waals surface area contributed by atoms with Crippen LogP contribution in [0.2, 0.25) is 0 Å². The van der Waals surface area contributed by atoms with E-state index in [4.69, 9.17) is 5.73 Å². The van der Waals surface area contributed by atoms with Crippen LogP contribution in [0.15, 0.2) is 22.7 Å². The average molecular weight is 292 g/mol. The molecule has 0 radical (unpaired) electrons. The molecule has 1 rings (SSSR count). The van der Waals surface area contributed by atoms with Crippen molar-refractivity contribution in [2.75, 3.05) is 0 Å². The van der Waals surface area contributed by atoms with E-state index in [2.05, 4.69) is 15.9 Å². The van der Waals surface area contributed by atoms with Gasteiger partial charge in [0, 0.05) is 10.2 Å². The fraction of sp³-hybridized carbons (Fsp3) is 0.300. The Kier molecular flexibility index (Phi) is 4.60. The molecule has 2 nitrogen and oxygen atoms in total. The fourth-order valence-corrected chi connectivity index (χ4v) is 2.10. The minimum Gasteiger partial charge on any atom is -0.369 e. The topological polar surface area (TPSA) is 43.1 Å². The van der Waals surface area contributed by atoms with E-state index in [1.165, 1.54) is 17.8 Å². The first kappa shape index (κ1) is 12.5. The number of amides is 1. The number of halogens is 2. The Morgan fingerprint density at radius 2 is 2.33 bits per heavy atom. The molecular formula is C10H11BrFNOS. The predicted molar refractivity (Wildman–Crippen MR) is 64.1 cm³/mol. The van der Waals surface area contributed by atoms with Crippen LogP contribution in [0.4, 0.5) is 4.39 Å². The average Bonchev–Trinajstić information content (AvgIpc) is 2.15. The number of carbonyl (C=O) groups is 1. The van der Waals surface area contributed by atoms with Gasteiger partial charge in [0.15, 0.2) is 0 Å². The second-order valence-corrected chi connectivity index (χ2v) is 5.34. The Hall–Kier alpha value is -0.550. The van der Waals surface area contributed by atoms with Gasteiger partial charge in [0.2, 0.25) is 5.91 Å². The summed E-state index contributed by atoms with van der Waals surface area (Å²) in [5.41, 5.74) is 5.68. The number of carbonyl (C=O) groups excluding carboxylic acids is 1. The van der Waals surface area contributed by atoms with Gasteiger partial charge in [0.05, 0.1) is 5.25 Å². The van der Waals surface area contributed by atoms with Crippen molar-refractivity contribution in [3.05, 3.63) is 34.1 Å². The van der Waals surface area contributed by atoms with Crippen molar-refractivity contribution >= 4 is 33.6 Å². The SMILES string of the molecule is CC(SCc1ccc(Br)cc1F)C(N)=O. The van der Waals surface area contributed by atoms with E-state index in [1.54, 1.807) is 19.1 Å². The fourth-order valence-electron chi connectivity index (χ4n) is 0.936. The summed E-state index contributed by atoms with van der Waals surface area (Å²) >= 11 is 4.51. The van der Waals surface area contributed by atoms with Crippen molar-refractivity contribution in [3.63, 3.8) is 0 Å². The van der Waals surface area contributed by atoms with Gasteiger partial charge >= 0.3 is 0 Å². The van der Waals surface area contributed by atoms with Crippen LogP contribution in [0, 0.1) is 5.82 Å². The van der Waals surface area contributed by atoms with Crippen LogP contribution in [-0.4, -0.2) is 11.2 Å². The predicted octanol–water partition coefficient (Wildman–Crippen LogP) is 2.70. The number of thioether (sulfide) groups is 1. The third-order valence-corrected chi connectivity index (χ3v) is 3.61. The highest BCUT2D eigenvalue weighted by Gasteiger charge is 2.10. The lowest BCUT2D eigenvalue weighted by Crippen LogP contribution is -2.22. The quantitative estimate of drug-likeness (QED) is 0.927. The molecule has 1 aromatic carbocycles. The van der Waals surface area contributed by atoms with Crippen LogP contribution >= 0.6 is 27.7 Å². The van der Waals surface area contributed by atoms with Crippen LogP contribution in [0.1, 0.15) is 12.5 Å². The van der Waals surface area contributed by atoms with Crippen molar-refractivity contribution in [1.29, 1.82) is 0 Å². The van der Waals surface area contributed by atoms with Crippen molar-refractivity contribution < 1.29 is 9.18 Å². The molecule has 0 aliphatic carbocycles. The maximum atomic E-state index is 13.3. The molecule has 0 aliphatic heterocycles. The summed E-state index contributed by atoms with van der Waals surface area (Å²) < 4.78 is 14.0. The molecule has 82 valence electrons. The zero-order chi connectivity index (χ0) is 11.4. The third-order valence-electron chi connectivity index (χ3n) is 1.90. The monoisotopic (exact) mass is 291 g/mol. The summed E-state index contributed by atoms with van der Waals surface area (Å²) in [5, 5.41) is -0.298. The number of nitrogens with two attached hydrogens (primary N) is 1. The van der Waals surface area contributed by atoms with Gasteiger partial charge in [0.25, 0.3) is 0 Å². The highest BCUT2D eigenvalue weighted by atomic mass is 79.9. The van der Waals surface area contributed by atoms with Gasteiger partial charge in [-0.25, -0.2) is 4.39 Å². The molecule has 0 spiro atoms. The van der Waals surface area contributed by atoms with Gasteiger partial charge in [-0.05, 0) is 24.6 Å². The molecule has 0 heterocycles. The zero-order valence-corrected chi connectivity index (χ0v) is 10.6. The molecular weight excluding hydrogens is 281 g/mol. The third kappa shape index (κ3) is 3.83. The summed E-state index contributed by atoms with van der Waals surface area (Å²) in [6.07, 6.45) is 0. The van der Waals surface area contributed by atoms with E-state index < -0.39 is 0 Å². The molecule has 0 fully saturated rings. The molecule has 0 saturated carbocycles. The molecule has 5 heteroatoms. The number of hydrogen-bond donors (Lipinski definition) is 1. The smallest absolute Gasteiger partial charge is 0.230 e. The largest absolute Gasteiger partial charge is 0.369 e. The maximum Gasteiger partial charge on any atom is 0.230 e. The van der Waals surface area contributed by atoms with E-state index in [9.17, 15) is 9.18 Å². The van der Waals surface area contributed by atoms with Crippen molar-refractivity contribution in [3.8, 4) is 0 Å². The van der Waals surface area contributed by atoms with Crippen molar-refractivity contribution in [2.45, 2.75) is 17.9 Å². The molecule has 0 saturated heterocycles. The second-order valence-electron chi connectivity index (χ2n) is 3.09. The first-order valence-corrected chi connectivity index (χ1v) is 6.19. The molecule has 0 aromatic heterocycles. The van der Waals surface area contributed by atoms with E-state index in [-0.39, 0.29) is 17.0 Å². The molecule has 2 N–H and O–H groups in total. The van der Waals surface area contributed by atoms with Crippen LogP contribution in [0.25, 0.3) is 0 Å². The van der Waals surface area contributed by atoms with E-state index in [0.717, 1.165) is 0 Å². The van der Waals surface area contributed by atoms with Gasteiger partial charge in [-0.15, -0.1) is 11.8 Å². The van der Waals surface area contributed by atoms with E-state index >= 15 is 0 Å². The Balaban J connectivity index is 2.62. The summed E-state index contributed by atoms with van der Waals surface area (Å²) in [5.74, 6) is -0.200. The van der Waals surface area contributed by atoms with Crippen LogP contribution in [-0.2, 0) is 10.5 Å². The van der Waals surface area contributed by atoms with Crippen LogP contribution in [0.5, 0.6) is 0 Å². The molecule has 1 unspecified atom stereocenters. The Morgan fingerprint density at radius 1 is 1.67 bits per heavy atom. The molecule has 1 atom stereocenters. The normalized spacial score (nSPS) is 12.5. The lowest BCUT2D eigenvalue weighted by molar-refractivity contribution is -0.117. The Bertz CT molecular complexity index is 372. The molecule has 15 heavy (non-hydrogen) atoms. The van der Waals surface area contributed by atoms with Crippen LogP contribution in [0.3, 0.4) is 0 Å². The molecule has 0 aliphatic rings. The highest BCUT2D eigenvalue weighted by Crippen LogP contribution is 2.22. The Morgan fingerprint density at radius 3 is 2.87 bits per heavy atom. The zero-order valence-electron chi connectivity index (χ0n) is 8.17. The number of primary amides is 1. The maximum absolute atomic E-state index is 13.3. The molecule has 1 aromatic rings. The first-order chi connectivity index (χ1) is 7.00. The standard InChI is InChI=1S/C10H11BrFNOS/c1-6(10(13)14)15-5-7-2-3-8(11)4-9(7)12/h2-4,6H,5H2,1H3,(H2,13,14). The number of hydrogen-bond acceptors (Lipinski definition) is 2. The van der Waals surface area contributed by atoms with Gasteiger partial charge in [-0.3, -0.25) is 4.79 Å². The molecule has 0 bridgehead atoms. The second kappa shape index (κ2) is 5.51.